The van der Waals surface area contributed by atoms with Gasteiger partial charge in [-0.05, 0) is 65.9 Å². The Morgan fingerprint density at radius 3 is 2.67 bits per heavy atom. The molecule has 0 aromatic carbocycles. The van der Waals surface area contributed by atoms with Gasteiger partial charge in [0.15, 0.2) is 11.6 Å². The Kier molecular flexibility index (Phi) is 8.33. The lowest BCUT2D eigenvalue weighted by molar-refractivity contribution is 0.0378. The van der Waals surface area contributed by atoms with Crippen molar-refractivity contribution in [3.8, 4) is 5.88 Å². The summed E-state index contributed by atoms with van der Waals surface area (Å²) in [5.74, 6) is 1.29. The number of aryl methyl sites for hydroxylation is 1. The second-order valence-electron chi connectivity index (χ2n) is 12.5. The zero-order valence-electron chi connectivity index (χ0n) is 26.4. The normalized spacial score (nSPS) is 17.5. The lowest BCUT2D eigenvalue weighted by Crippen LogP contribution is -2.38. The molecule has 2 aliphatic rings. The van der Waals surface area contributed by atoms with Gasteiger partial charge >= 0.3 is 5.97 Å². The summed E-state index contributed by atoms with van der Waals surface area (Å²) < 4.78 is 11.3. The highest BCUT2D eigenvalue weighted by Crippen LogP contribution is 2.44. The molecule has 0 saturated carbocycles. The number of likely N-dealkylation sites (N-methyl/N-ethyl adjacent to an activating group) is 1. The van der Waals surface area contributed by atoms with E-state index >= 15 is 0 Å². The molecule has 0 bridgehead atoms. The first-order valence-electron chi connectivity index (χ1n) is 14.7. The fourth-order valence-corrected chi connectivity index (χ4v) is 5.89. The number of aromatic nitrogens is 4. The smallest absolute Gasteiger partial charge is 0.343 e. The van der Waals surface area contributed by atoms with E-state index in [0.29, 0.717) is 41.5 Å². The molecule has 1 atom stereocenters. The number of nitrogens with one attached hydrogen (secondary N) is 1. The minimum atomic E-state index is -0.492. The van der Waals surface area contributed by atoms with Gasteiger partial charge in [-0.2, -0.15) is 9.97 Å². The molecular weight excluding hydrogens is 546 g/mol. The second kappa shape index (κ2) is 11.8. The number of nitrogen functional groups attached to an aromatic ring is 1. The molecule has 43 heavy (non-hydrogen) atoms. The van der Waals surface area contributed by atoms with Crippen molar-refractivity contribution in [2.24, 2.45) is 0 Å². The summed E-state index contributed by atoms with van der Waals surface area (Å²) in [5, 5.41) is 3.24. The number of rotatable bonds is 9. The minimum Gasteiger partial charge on any atom is -0.479 e. The van der Waals surface area contributed by atoms with E-state index in [1.807, 2.05) is 37.8 Å². The molecule has 0 spiro atoms. The van der Waals surface area contributed by atoms with Crippen molar-refractivity contribution in [3.63, 3.8) is 0 Å². The molecule has 1 saturated heterocycles. The second-order valence-corrected chi connectivity index (χ2v) is 12.5. The Bertz CT molecular complexity index is 1510. The minimum absolute atomic E-state index is 0.265. The number of hydrogen-bond donors (Lipinski definition) is 2. The summed E-state index contributed by atoms with van der Waals surface area (Å²) in [4.78, 5) is 38.6. The molecule has 0 aliphatic carbocycles. The standard InChI is InChI=1S/C31H43N9O3/c1-18(2)43-29(41)21-15-33-30(37-26(21)40-17-31(4,5)25-24(40)12-11-19(3)34-25)35-23-14-22(32)27(36-28(23)42-8)39-13-9-10-20(39)16-38(6)7/h11-12,14-15,18,20H,9-10,13,16-17,32H2,1-8H3,(H,33,35,37)/t20-/m0/s1. The third kappa shape index (κ3) is 6.15. The highest BCUT2D eigenvalue weighted by Gasteiger charge is 2.40. The van der Waals surface area contributed by atoms with Crippen molar-refractivity contribution in [1.29, 1.82) is 0 Å². The van der Waals surface area contributed by atoms with Crippen LogP contribution in [0.2, 0.25) is 0 Å². The molecule has 5 heterocycles. The fourth-order valence-electron chi connectivity index (χ4n) is 5.89. The van der Waals surface area contributed by atoms with Gasteiger partial charge in [-0.15, -0.1) is 0 Å². The van der Waals surface area contributed by atoms with Crippen LogP contribution in [0.3, 0.4) is 0 Å². The Morgan fingerprint density at radius 1 is 1.21 bits per heavy atom. The van der Waals surface area contributed by atoms with Crippen LogP contribution in [0.1, 0.15) is 62.3 Å². The number of pyridine rings is 2. The average Bonchev–Trinajstić information content (AvgIpc) is 3.49. The van der Waals surface area contributed by atoms with Crippen LogP contribution in [0.25, 0.3) is 0 Å². The van der Waals surface area contributed by atoms with Crippen molar-refractivity contribution >= 4 is 40.6 Å². The van der Waals surface area contributed by atoms with E-state index in [-0.39, 0.29) is 23.0 Å². The molecule has 0 amide bonds. The number of nitrogens with zero attached hydrogens (tertiary/aromatic N) is 7. The highest BCUT2D eigenvalue weighted by atomic mass is 16.5. The van der Waals surface area contributed by atoms with Crippen molar-refractivity contribution in [1.82, 2.24) is 24.8 Å². The molecule has 230 valence electrons. The van der Waals surface area contributed by atoms with E-state index in [0.717, 1.165) is 43.0 Å². The predicted octanol–water partition coefficient (Wildman–Crippen LogP) is 4.43. The summed E-state index contributed by atoms with van der Waals surface area (Å²) >= 11 is 0. The summed E-state index contributed by atoms with van der Waals surface area (Å²) in [5.41, 5.74) is 10.4. The van der Waals surface area contributed by atoms with Gasteiger partial charge in [0.1, 0.15) is 11.3 Å². The lowest BCUT2D eigenvalue weighted by Gasteiger charge is -2.29. The number of carbonyl (C=O) groups excluding carboxylic acids is 1. The van der Waals surface area contributed by atoms with Crippen LogP contribution in [0, 0.1) is 6.92 Å². The molecule has 0 radical (unpaired) electrons. The molecule has 3 N–H and O–H groups in total. The van der Waals surface area contributed by atoms with Crippen molar-refractivity contribution in [2.45, 2.75) is 65.0 Å². The van der Waals surface area contributed by atoms with Gasteiger partial charge < -0.3 is 35.2 Å². The average molecular weight is 590 g/mol. The van der Waals surface area contributed by atoms with Crippen LogP contribution < -0.4 is 25.6 Å². The maximum atomic E-state index is 13.2. The number of carbonyl (C=O) groups is 1. The van der Waals surface area contributed by atoms with Crippen LogP contribution >= 0.6 is 0 Å². The van der Waals surface area contributed by atoms with E-state index in [9.17, 15) is 4.79 Å². The Balaban J connectivity index is 1.53. The van der Waals surface area contributed by atoms with Gasteiger partial charge in [0.2, 0.25) is 11.8 Å². The van der Waals surface area contributed by atoms with Gasteiger partial charge in [0.25, 0.3) is 0 Å². The largest absolute Gasteiger partial charge is 0.479 e. The summed E-state index contributed by atoms with van der Waals surface area (Å²) in [7, 11) is 5.72. The van der Waals surface area contributed by atoms with Gasteiger partial charge in [-0.25, -0.2) is 9.78 Å². The first-order valence-corrected chi connectivity index (χ1v) is 14.7. The van der Waals surface area contributed by atoms with Crippen LogP contribution in [0.5, 0.6) is 5.88 Å². The molecular formula is C31H43N9O3. The van der Waals surface area contributed by atoms with Crippen molar-refractivity contribution in [3.05, 3.63) is 41.3 Å². The van der Waals surface area contributed by atoms with Crippen LogP contribution in [-0.4, -0.2) is 83.8 Å². The van der Waals surface area contributed by atoms with Crippen LogP contribution in [0.15, 0.2) is 24.4 Å². The molecule has 5 rings (SSSR count). The highest BCUT2D eigenvalue weighted by molar-refractivity contribution is 5.96. The fraction of sp³-hybridized carbons (Fsp3) is 0.516. The van der Waals surface area contributed by atoms with Crippen molar-refractivity contribution < 1.29 is 14.3 Å². The number of hydrogen-bond acceptors (Lipinski definition) is 12. The topological polar surface area (TPSA) is 135 Å². The lowest BCUT2D eigenvalue weighted by atomic mass is 9.91. The van der Waals surface area contributed by atoms with E-state index in [1.165, 1.54) is 6.20 Å². The molecule has 0 unspecified atom stereocenters. The molecule has 3 aromatic heterocycles. The van der Waals surface area contributed by atoms with E-state index in [2.05, 4.69) is 48.0 Å². The molecule has 3 aromatic rings. The number of anilines is 6. The van der Waals surface area contributed by atoms with Gasteiger partial charge in [-0.3, -0.25) is 4.98 Å². The van der Waals surface area contributed by atoms with Crippen LogP contribution in [-0.2, 0) is 10.2 Å². The van der Waals surface area contributed by atoms with E-state index in [1.54, 1.807) is 13.2 Å². The third-order valence-corrected chi connectivity index (χ3v) is 7.75. The Hall–Kier alpha value is -4.19. The SMILES string of the molecule is COc1nc(N2CCC[C@H]2CN(C)C)c(N)cc1Nc1ncc(C(=O)OC(C)C)c(N2CC(C)(C)c3nc(C)ccc32)n1. The number of nitrogens with two attached hydrogens (primary N) is 1. The van der Waals surface area contributed by atoms with Gasteiger partial charge in [0, 0.05) is 43.0 Å². The molecule has 2 aliphatic heterocycles. The van der Waals surface area contributed by atoms with Crippen LogP contribution in [0.4, 0.5) is 34.6 Å². The van der Waals surface area contributed by atoms with Gasteiger partial charge in [0.05, 0.1) is 30.3 Å². The summed E-state index contributed by atoms with van der Waals surface area (Å²) in [6, 6.07) is 6.11. The number of ether oxygens (including phenoxy) is 2. The Morgan fingerprint density at radius 2 is 1.98 bits per heavy atom. The molecule has 1 fully saturated rings. The first-order chi connectivity index (χ1) is 20.4. The van der Waals surface area contributed by atoms with E-state index in [4.69, 9.17) is 30.2 Å². The first kappa shape index (κ1) is 30.3. The number of fused-ring (bicyclic) bond motifs is 1. The predicted molar refractivity (Wildman–Crippen MR) is 169 cm³/mol. The molecule has 12 nitrogen and oxygen atoms in total. The van der Waals surface area contributed by atoms with Crippen molar-refractivity contribution in [2.75, 3.05) is 61.7 Å². The Labute approximate surface area is 253 Å². The monoisotopic (exact) mass is 589 g/mol. The zero-order chi connectivity index (χ0) is 31.1. The quantitative estimate of drug-likeness (QED) is 0.342. The van der Waals surface area contributed by atoms with E-state index < -0.39 is 5.97 Å². The molecule has 12 heteroatoms. The maximum Gasteiger partial charge on any atom is 0.343 e. The zero-order valence-corrected chi connectivity index (χ0v) is 26.4. The summed E-state index contributed by atoms with van der Waals surface area (Å²) in [6.07, 6.45) is 3.36. The third-order valence-electron chi connectivity index (χ3n) is 7.75. The van der Waals surface area contributed by atoms with Gasteiger partial charge in [-0.1, -0.05) is 13.8 Å². The number of methoxy groups -OCH3 is 1. The summed E-state index contributed by atoms with van der Waals surface area (Å²) in [6.45, 7) is 12.2. The number of esters is 1. The maximum absolute atomic E-state index is 13.2.